The standard InChI is InChI=1S/C13H6Cl4N2O4/c14-8-9(15)11(18-12(17)10(8)16)13(20)23-5-6-1-3-7(4-2-6)19(21)22/h1-4H,5H2. The largest absolute Gasteiger partial charge is 0.456 e. The number of hydrogen-bond donors (Lipinski definition) is 0. The van der Waals surface area contributed by atoms with Crippen LogP contribution in [0.15, 0.2) is 24.3 Å². The Kier molecular flexibility index (Phi) is 5.64. The molecule has 0 fully saturated rings. The average Bonchev–Trinajstić information content (AvgIpc) is 2.54. The Morgan fingerprint density at radius 1 is 1.09 bits per heavy atom. The molecule has 0 saturated carbocycles. The zero-order valence-corrected chi connectivity index (χ0v) is 14.1. The van der Waals surface area contributed by atoms with Gasteiger partial charge in [0.15, 0.2) is 5.69 Å². The summed E-state index contributed by atoms with van der Waals surface area (Å²) in [6, 6.07) is 5.51. The summed E-state index contributed by atoms with van der Waals surface area (Å²) in [5, 5.41) is 10.0. The topological polar surface area (TPSA) is 82.3 Å². The van der Waals surface area contributed by atoms with Gasteiger partial charge in [0, 0.05) is 12.1 Å². The van der Waals surface area contributed by atoms with Gasteiger partial charge in [0.05, 0.1) is 20.0 Å². The van der Waals surface area contributed by atoms with E-state index in [1.807, 2.05) is 0 Å². The molecule has 0 atom stereocenters. The molecule has 0 saturated heterocycles. The highest BCUT2D eigenvalue weighted by molar-refractivity contribution is 6.52. The number of benzene rings is 1. The lowest BCUT2D eigenvalue weighted by Gasteiger charge is -2.08. The minimum atomic E-state index is -0.853. The molecule has 120 valence electrons. The normalized spacial score (nSPS) is 10.4. The maximum Gasteiger partial charge on any atom is 0.358 e. The molecule has 0 unspecified atom stereocenters. The van der Waals surface area contributed by atoms with E-state index in [1.54, 1.807) is 0 Å². The molecule has 0 radical (unpaired) electrons. The zero-order valence-electron chi connectivity index (χ0n) is 11.1. The first-order chi connectivity index (χ1) is 10.8. The van der Waals surface area contributed by atoms with Gasteiger partial charge in [-0.2, -0.15) is 0 Å². The van der Waals surface area contributed by atoms with Gasteiger partial charge < -0.3 is 4.74 Å². The Morgan fingerprint density at radius 2 is 1.70 bits per heavy atom. The maximum absolute atomic E-state index is 12.0. The molecule has 0 amide bonds. The third-order valence-electron chi connectivity index (χ3n) is 2.69. The SMILES string of the molecule is O=C(OCc1ccc([N+](=O)[O-])cc1)c1nc(Cl)c(Cl)c(Cl)c1Cl. The van der Waals surface area contributed by atoms with Crippen molar-refractivity contribution in [3.8, 4) is 0 Å². The second-order valence-corrected chi connectivity index (χ2v) is 5.68. The molecule has 1 aromatic heterocycles. The Balaban J connectivity index is 2.12. The van der Waals surface area contributed by atoms with E-state index in [0.29, 0.717) is 5.56 Å². The highest BCUT2D eigenvalue weighted by Crippen LogP contribution is 2.36. The number of non-ortho nitro benzene ring substituents is 1. The first-order valence-corrected chi connectivity index (χ1v) is 7.43. The molecule has 1 heterocycles. The summed E-state index contributed by atoms with van der Waals surface area (Å²) in [4.78, 5) is 25.8. The molecular formula is C13H6Cl4N2O4. The van der Waals surface area contributed by atoms with Crippen molar-refractivity contribution in [3.63, 3.8) is 0 Å². The minimum Gasteiger partial charge on any atom is -0.456 e. The van der Waals surface area contributed by atoms with Crippen molar-refractivity contribution < 1.29 is 14.5 Å². The molecule has 1 aromatic carbocycles. The van der Waals surface area contributed by atoms with E-state index in [1.165, 1.54) is 24.3 Å². The van der Waals surface area contributed by atoms with E-state index in [-0.39, 0.29) is 38.2 Å². The van der Waals surface area contributed by atoms with Crippen LogP contribution in [-0.2, 0) is 11.3 Å². The van der Waals surface area contributed by atoms with Crippen LogP contribution >= 0.6 is 46.4 Å². The van der Waals surface area contributed by atoms with E-state index in [9.17, 15) is 14.9 Å². The van der Waals surface area contributed by atoms with Crippen molar-refractivity contribution in [3.05, 3.63) is 65.9 Å². The fourth-order valence-corrected chi connectivity index (χ4v) is 2.36. The summed E-state index contributed by atoms with van der Waals surface area (Å²) in [5.74, 6) is -0.853. The third kappa shape index (κ3) is 4.03. The summed E-state index contributed by atoms with van der Waals surface area (Å²) in [7, 11) is 0. The zero-order chi connectivity index (χ0) is 17.1. The van der Waals surface area contributed by atoms with Gasteiger partial charge in [-0.1, -0.05) is 46.4 Å². The number of aromatic nitrogens is 1. The van der Waals surface area contributed by atoms with Gasteiger partial charge in [0.1, 0.15) is 11.8 Å². The van der Waals surface area contributed by atoms with Gasteiger partial charge in [-0.25, -0.2) is 9.78 Å². The van der Waals surface area contributed by atoms with Crippen LogP contribution in [0.5, 0.6) is 0 Å². The Labute approximate surface area is 150 Å². The van der Waals surface area contributed by atoms with Gasteiger partial charge in [0.25, 0.3) is 5.69 Å². The first kappa shape index (κ1) is 17.7. The van der Waals surface area contributed by atoms with Crippen LogP contribution in [0, 0.1) is 10.1 Å². The third-order valence-corrected chi connectivity index (χ3v) is 4.37. The molecule has 0 N–H and O–H groups in total. The summed E-state index contributed by atoms with van der Waals surface area (Å²) in [5.41, 5.74) is 0.209. The number of rotatable bonds is 4. The molecule has 0 aliphatic carbocycles. The van der Waals surface area contributed by atoms with Crippen molar-refractivity contribution in [1.29, 1.82) is 0 Å². The van der Waals surface area contributed by atoms with E-state index in [0.717, 1.165) is 0 Å². The summed E-state index contributed by atoms with van der Waals surface area (Å²) in [6.07, 6.45) is 0. The Hall–Kier alpha value is -1.60. The Bertz CT molecular complexity index is 781. The number of carbonyl (C=O) groups is 1. The van der Waals surface area contributed by atoms with Gasteiger partial charge in [0.2, 0.25) is 0 Å². The lowest BCUT2D eigenvalue weighted by Crippen LogP contribution is -2.09. The van der Waals surface area contributed by atoms with E-state index >= 15 is 0 Å². The van der Waals surface area contributed by atoms with Gasteiger partial charge >= 0.3 is 5.97 Å². The van der Waals surface area contributed by atoms with E-state index in [4.69, 9.17) is 51.1 Å². The van der Waals surface area contributed by atoms with Gasteiger partial charge in [-0.15, -0.1) is 0 Å². The number of hydrogen-bond acceptors (Lipinski definition) is 5. The molecule has 0 bridgehead atoms. The second-order valence-electron chi connectivity index (χ2n) is 4.19. The quantitative estimate of drug-likeness (QED) is 0.316. The molecule has 0 aliphatic heterocycles. The molecule has 23 heavy (non-hydrogen) atoms. The number of nitro groups is 1. The lowest BCUT2D eigenvalue weighted by molar-refractivity contribution is -0.384. The van der Waals surface area contributed by atoms with Crippen LogP contribution in [0.1, 0.15) is 16.1 Å². The fraction of sp³-hybridized carbons (Fsp3) is 0.0769. The summed E-state index contributed by atoms with van der Waals surface area (Å²) in [6.45, 7) is -0.132. The smallest absolute Gasteiger partial charge is 0.358 e. The fourth-order valence-electron chi connectivity index (χ4n) is 1.55. The number of ether oxygens (including phenoxy) is 1. The summed E-state index contributed by atoms with van der Waals surface area (Å²) >= 11 is 23.2. The summed E-state index contributed by atoms with van der Waals surface area (Å²) < 4.78 is 5.03. The van der Waals surface area contributed by atoms with Crippen LogP contribution in [0.25, 0.3) is 0 Å². The molecule has 2 aromatic rings. The van der Waals surface area contributed by atoms with E-state index < -0.39 is 10.9 Å². The Morgan fingerprint density at radius 3 is 2.26 bits per heavy atom. The predicted molar refractivity (Wildman–Crippen MR) is 86.5 cm³/mol. The van der Waals surface area contributed by atoms with Crippen LogP contribution in [-0.4, -0.2) is 15.9 Å². The molecule has 0 spiro atoms. The molecular weight excluding hydrogens is 390 g/mol. The number of pyridine rings is 1. The number of nitrogens with zero attached hydrogens (tertiary/aromatic N) is 2. The van der Waals surface area contributed by atoms with Crippen molar-refractivity contribution >= 4 is 58.1 Å². The van der Waals surface area contributed by atoms with Crippen molar-refractivity contribution in [2.75, 3.05) is 0 Å². The second kappa shape index (κ2) is 7.31. The minimum absolute atomic E-state index is 0.0646. The van der Waals surface area contributed by atoms with Crippen LogP contribution in [0.2, 0.25) is 20.2 Å². The molecule has 2 rings (SSSR count). The number of esters is 1. The molecule has 10 heteroatoms. The predicted octanol–water partition coefficient (Wildman–Crippen LogP) is 4.96. The first-order valence-electron chi connectivity index (χ1n) is 5.91. The van der Waals surface area contributed by atoms with Crippen LogP contribution < -0.4 is 0 Å². The van der Waals surface area contributed by atoms with Gasteiger partial charge in [-0.3, -0.25) is 10.1 Å². The van der Waals surface area contributed by atoms with E-state index in [2.05, 4.69) is 4.98 Å². The average molecular weight is 396 g/mol. The highest BCUT2D eigenvalue weighted by atomic mass is 35.5. The van der Waals surface area contributed by atoms with Crippen molar-refractivity contribution in [2.45, 2.75) is 6.61 Å². The van der Waals surface area contributed by atoms with Gasteiger partial charge in [-0.05, 0) is 17.7 Å². The van der Waals surface area contributed by atoms with Crippen LogP contribution in [0.4, 0.5) is 5.69 Å². The number of carbonyl (C=O) groups excluding carboxylic acids is 1. The number of halogens is 4. The number of nitro benzene ring substituents is 1. The van der Waals surface area contributed by atoms with Crippen LogP contribution in [0.3, 0.4) is 0 Å². The van der Waals surface area contributed by atoms with Crippen molar-refractivity contribution in [2.24, 2.45) is 0 Å². The maximum atomic E-state index is 12.0. The lowest BCUT2D eigenvalue weighted by atomic mass is 10.2. The van der Waals surface area contributed by atoms with Crippen molar-refractivity contribution in [1.82, 2.24) is 4.98 Å². The molecule has 0 aliphatic rings. The molecule has 6 nitrogen and oxygen atoms in total. The highest BCUT2D eigenvalue weighted by Gasteiger charge is 2.21. The monoisotopic (exact) mass is 394 g/mol.